The van der Waals surface area contributed by atoms with Crippen LogP contribution in [0.5, 0.6) is 0 Å². The van der Waals surface area contributed by atoms with E-state index in [9.17, 15) is 4.79 Å². The number of quaternary nitrogens is 1. The van der Waals surface area contributed by atoms with E-state index in [1.165, 1.54) is 24.8 Å². The van der Waals surface area contributed by atoms with Gasteiger partial charge in [-0.15, -0.1) is 0 Å². The highest BCUT2D eigenvalue weighted by Crippen LogP contribution is 2.27. The average Bonchev–Trinajstić information content (AvgIpc) is 2.46. The lowest BCUT2D eigenvalue weighted by atomic mass is 9.78. The number of anilines is 1. The Kier molecular flexibility index (Phi) is 5.40. The summed E-state index contributed by atoms with van der Waals surface area (Å²) >= 11 is 0. The summed E-state index contributed by atoms with van der Waals surface area (Å²) in [5.74, 6) is 1.56. The molecule has 1 fully saturated rings. The summed E-state index contributed by atoms with van der Waals surface area (Å²) in [5.41, 5.74) is 2.09. The fourth-order valence-corrected chi connectivity index (χ4v) is 3.25. The monoisotopic (exact) mass is 289 g/mol. The van der Waals surface area contributed by atoms with Crippen LogP contribution in [-0.4, -0.2) is 18.0 Å². The predicted octanol–water partition coefficient (Wildman–Crippen LogP) is 2.71. The van der Waals surface area contributed by atoms with Crippen LogP contribution in [-0.2, 0) is 4.79 Å². The van der Waals surface area contributed by atoms with E-state index < -0.39 is 0 Å². The minimum absolute atomic E-state index is 0.0379. The van der Waals surface area contributed by atoms with E-state index in [2.05, 4.69) is 24.5 Å². The first-order chi connectivity index (χ1) is 9.97. The highest BCUT2D eigenvalue weighted by molar-refractivity contribution is 5.93. The Bertz CT molecular complexity index is 469. The third kappa shape index (κ3) is 4.31. The quantitative estimate of drug-likeness (QED) is 0.879. The van der Waals surface area contributed by atoms with E-state index in [-0.39, 0.29) is 11.9 Å². The highest BCUT2D eigenvalue weighted by atomic mass is 16.2. The van der Waals surface area contributed by atoms with Crippen LogP contribution in [0.1, 0.15) is 45.6 Å². The number of carbonyl (C=O) groups is 1. The van der Waals surface area contributed by atoms with Gasteiger partial charge in [-0.05, 0) is 51.2 Å². The van der Waals surface area contributed by atoms with Gasteiger partial charge in [0.2, 0.25) is 0 Å². The Labute approximate surface area is 128 Å². The molecular weight excluding hydrogens is 260 g/mol. The van der Waals surface area contributed by atoms with Crippen molar-refractivity contribution in [1.82, 2.24) is 0 Å². The molecule has 1 saturated carbocycles. The van der Waals surface area contributed by atoms with Crippen LogP contribution in [0.4, 0.5) is 5.69 Å². The number of hydrogen-bond acceptors (Lipinski definition) is 1. The maximum Gasteiger partial charge on any atom is 0.282 e. The highest BCUT2D eigenvalue weighted by Gasteiger charge is 2.32. The summed E-state index contributed by atoms with van der Waals surface area (Å²) in [7, 11) is 0. The van der Waals surface area contributed by atoms with Gasteiger partial charge in [-0.3, -0.25) is 4.79 Å². The third-order valence-corrected chi connectivity index (χ3v) is 5.04. The minimum Gasteiger partial charge on any atom is -0.334 e. The molecule has 21 heavy (non-hydrogen) atoms. The van der Waals surface area contributed by atoms with Crippen molar-refractivity contribution in [2.75, 3.05) is 5.32 Å². The zero-order valence-electron chi connectivity index (χ0n) is 13.7. The Hall–Kier alpha value is -1.35. The fraction of sp³-hybridized carbons (Fsp3) is 0.611. The summed E-state index contributed by atoms with van der Waals surface area (Å²) in [5, 5.41) is 5.28. The first-order valence-corrected chi connectivity index (χ1v) is 8.20. The molecule has 0 bridgehead atoms. The molecule has 1 aromatic carbocycles. The van der Waals surface area contributed by atoms with E-state index >= 15 is 0 Å². The largest absolute Gasteiger partial charge is 0.334 e. The Morgan fingerprint density at radius 2 is 1.90 bits per heavy atom. The third-order valence-electron chi connectivity index (χ3n) is 5.04. The van der Waals surface area contributed by atoms with Crippen LogP contribution < -0.4 is 10.6 Å². The summed E-state index contributed by atoms with van der Waals surface area (Å²) in [6, 6.07) is 8.51. The molecule has 0 aliphatic heterocycles. The molecule has 1 aromatic rings. The molecule has 0 radical (unpaired) electrons. The molecule has 116 valence electrons. The number of aryl methyl sites for hydroxylation is 1. The Morgan fingerprint density at radius 3 is 2.57 bits per heavy atom. The van der Waals surface area contributed by atoms with E-state index in [4.69, 9.17) is 0 Å². The van der Waals surface area contributed by atoms with Gasteiger partial charge < -0.3 is 10.6 Å². The fourth-order valence-electron chi connectivity index (χ4n) is 3.25. The van der Waals surface area contributed by atoms with Crippen LogP contribution in [0.15, 0.2) is 24.3 Å². The van der Waals surface area contributed by atoms with E-state index in [0.717, 1.165) is 11.6 Å². The molecule has 2 rings (SSSR count). The normalized spacial score (nSPS) is 27.1. The van der Waals surface area contributed by atoms with Crippen molar-refractivity contribution in [2.45, 2.75) is 59.0 Å². The molecule has 0 aromatic heterocycles. The molecule has 0 heterocycles. The number of hydrogen-bond donors (Lipinski definition) is 2. The van der Waals surface area contributed by atoms with Crippen LogP contribution in [0.25, 0.3) is 0 Å². The van der Waals surface area contributed by atoms with Gasteiger partial charge in [0, 0.05) is 11.6 Å². The van der Waals surface area contributed by atoms with Crippen LogP contribution in [0.3, 0.4) is 0 Å². The SMILES string of the molecule is Cc1ccc(NC(=O)[C@H](C)[NH2+][C@H]2CCC[C@H](C)[C@@H]2C)cc1. The standard InChI is InChI=1S/C18H28N2O/c1-12-8-10-16(11-9-12)20-18(21)15(4)19-17-7-5-6-13(2)14(17)3/h8-11,13-15,17,19H,5-7H2,1-4H3,(H,20,21)/p+1/t13-,14-,15-,17-/m0/s1. The molecule has 1 aliphatic rings. The van der Waals surface area contributed by atoms with E-state index in [1.54, 1.807) is 0 Å². The van der Waals surface area contributed by atoms with Gasteiger partial charge in [0.15, 0.2) is 6.04 Å². The first-order valence-electron chi connectivity index (χ1n) is 8.20. The minimum atomic E-state index is -0.0379. The zero-order valence-corrected chi connectivity index (χ0v) is 13.7. The van der Waals surface area contributed by atoms with Gasteiger partial charge in [-0.1, -0.05) is 31.5 Å². The number of amides is 1. The van der Waals surface area contributed by atoms with E-state index in [0.29, 0.717) is 12.0 Å². The van der Waals surface area contributed by atoms with Crippen LogP contribution in [0, 0.1) is 18.8 Å². The molecule has 3 heteroatoms. The Balaban J connectivity index is 1.88. The molecule has 0 saturated heterocycles. The van der Waals surface area contributed by atoms with Crippen molar-refractivity contribution in [3.05, 3.63) is 29.8 Å². The lowest BCUT2D eigenvalue weighted by Gasteiger charge is -2.33. The van der Waals surface area contributed by atoms with E-state index in [1.807, 2.05) is 38.1 Å². The summed E-state index contributed by atoms with van der Waals surface area (Å²) in [6.07, 6.45) is 3.85. The predicted molar refractivity (Wildman–Crippen MR) is 87.2 cm³/mol. The molecular formula is C18H29N2O+. The van der Waals surface area contributed by atoms with Crippen molar-refractivity contribution >= 4 is 11.6 Å². The molecule has 3 nitrogen and oxygen atoms in total. The lowest BCUT2D eigenvalue weighted by Crippen LogP contribution is -2.97. The van der Waals surface area contributed by atoms with Gasteiger partial charge in [0.25, 0.3) is 5.91 Å². The number of carbonyl (C=O) groups excluding carboxylic acids is 1. The number of nitrogens with one attached hydrogen (secondary N) is 1. The smallest absolute Gasteiger partial charge is 0.282 e. The van der Waals surface area contributed by atoms with Gasteiger partial charge in [-0.2, -0.15) is 0 Å². The van der Waals surface area contributed by atoms with Crippen LogP contribution >= 0.6 is 0 Å². The number of rotatable bonds is 4. The molecule has 1 aliphatic carbocycles. The molecule has 3 N–H and O–H groups in total. The topological polar surface area (TPSA) is 45.7 Å². The Morgan fingerprint density at radius 1 is 1.24 bits per heavy atom. The van der Waals surface area contributed by atoms with Crippen molar-refractivity contribution in [1.29, 1.82) is 0 Å². The van der Waals surface area contributed by atoms with Gasteiger partial charge in [-0.25, -0.2) is 0 Å². The van der Waals surface area contributed by atoms with Crippen molar-refractivity contribution in [3.8, 4) is 0 Å². The molecule has 0 spiro atoms. The van der Waals surface area contributed by atoms with Gasteiger partial charge in [0.1, 0.15) is 0 Å². The van der Waals surface area contributed by atoms with Gasteiger partial charge in [0.05, 0.1) is 6.04 Å². The van der Waals surface area contributed by atoms with Gasteiger partial charge >= 0.3 is 0 Å². The average molecular weight is 289 g/mol. The zero-order chi connectivity index (χ0) is 15.4. The van der Waals surface area contributed by atoms with Crippen LogP contribution in [0.2, 0.25) is 0 Å². The maximum absolute atomic E-state index is 12.3. The maximum atomic E-state index is 12.3. The van der Waals surface area contributed by atoms with Crippen molar-refractivity contribution in [3.63, 3.8) is 0 Å². The second kappa shape index (κ2) is 7.08. The summed E-state index contributed by atoms with van der Waals surface area (Å²) in [4.78, 5) is 12.3. The van der Waals surface area contributed by atoms with Crippen molar-refractivity contribution < 1.29 is 10.1 Å². The molecule has 1 amide bonds. The second-order valence-corrected chi connectivity index (χ2v) is 6.77. The number of nitrogens with two attached hydrogens (primary N) is 1. The molecule has 4 atom stereocenters. The number of benzene rings is 1. The summed E-state index contributed by atoms with van der Waals surface area (Å²) < 4.78 is 0. The second-order valence-electron chi connectivity index (χ2n) is 6.77. The first kappa shape index (κ1) is 16.0. The molecule has 0 unspecified atom stereocenters. The lowest BCUT2D eigenvalue weighted by molar-refractivity contribution is -0.715. The summed E-state index contributed by atoms with van der Waals surface area (Å²) in [6.45, 7) is 8.72. The van der Waals surface area contributed by atoms with Crippen molar-refractivity contribution in [2.24, 2.45) is 11.8 Å².